The number of piperidine rings is 1. The van der Waals surface area contributed by atoms with E-state index in [0.717, 1.165) is 19.5 Å². The molecular formula is C11H20N2O3. The van der Waals surface area contributed by atoms with Crippen molar-refractivity contribution in [2.45, 2.75) is 19.8 Å². The van der Waals surface area contributed by atoms with E-state index in [2.05, 4.69) is 11.7 Å². The molecule has 92 valence electrons. The lowest BCUT2D eigenvalue weighted by Crippen LogP contribution is -2.45. The number of hydrogen-bond donors (Lipinski definition) is 0. The van der Waals surface area contributed by atoms with E-state index in [9.17, 15) is 9.59 Å². The predicted octanol–water partition coefficient (Wildman–Crippen LogP) is 0.943. The molecule has 1 atom stereocenters. The maximum atomic E-state index is 11.9. The quantitative estimate of drug-likeness (QED) is 0.707. The van der Waals surface area contributed by atoms with Crippen molar-refractivity contribution in [1.82, 2.24) is 9.80 Å². The zero-order chi connectivity index (χ0) is 12.1. The van der Waals surface area contributed by atoms with E-state index in [0.29, 0.717) is 5.92 Å². The maximum Gasteiger partial charge on any atom is 0.409 e. The van der Waals surface area contributed by atoms with Gasteiger partial charge in [-0.15, -0.1) is 0 Å². The average Bonchev–Trinajstić information content (AvgIpc) is 2.27. The van der Waals surface area contributed by atoms with Crippen molar-refractivity contribution >= 4 is 12.0 Å². The van der Waals surface area contributed by atoms with Crippen LogP contribution in [0.2, 0.25) is 0 Å². The van der Waals surface area contributed by atoms with Crippen LogP contribution in [-0.2, 0) is 9.53 Å². The van der Waals surface area contributed by atoms with Crippen LogP contribution in [-0.4, -0.2) is 55.6 Å². The number of methoxy groups -OCH3 is 1. The molecule has 0 unspecified atom stereocenters. The lowest BCUT2D eigenvalue weighted by Gasteiger charge is -2.32. The molecule has 0 N–H and O–H groups in total. The van der Waals surface area contributed by atoms with Gasteiger partial charge in [0, 0.05) is 20.1 Å². The summed E-state index contributed by atoms with van der Waals surface area (Å²) >= 11 is 0. The van der Waals surface area contributed by atoms with Gasteiger partial charge < -0.3 is 14.5 Å². The van der Waals surface area contributed by atoms with Crippen molar-refractivity contribution < 1.29 is 14.3 Å². The molecular weight excluding hydrogens is 208 g/mol. The van der Waals surface area contributed by atoms with Gasteiger partial charge in [-0.05, 0) is 18.8 Å². The van der Waals surface area contributed by atoms with E-state index in [4.69, 9.17) is 0 Å². The largest absolute Gasteiger partial charge is 0.453 e. The van der Waals surface area contributed by atoms with Crippen LogP contribution in [0.3, 0.4) is 0 Å². The molecule has 0 bridgehead atoms. The molecule has 0 radical (unpaired) electrons. The summed E-state index contributed by atoms with van der Waals surface area (Å²) in [6.45, 7) is 3.84. The van der Waals surface area contributed by atoms with Crippen LogP contribution in [0.1, 0.15) is 19.8 Å². The molecule has 0 saturated carbocycles. The molecule has 5 nitrogen and oxygen atoms in total. The topological polar surface area (TPSA) is 49.9 Å². The van der Waals surface area contributed by atoms with Gasteiger partial charge in [0.05, 0.1) is 7.11 Å². The number of hydrogen-bond acceptors (Lipinski definition) is 3. The normalized spacial score (nSPS) is 20.4. The number of rotatable bonds is 2. The van der Waals surface area contributed by atoms with E-state index < -0.39 is 6.09 Å². The molecule has 1 heterocycles. The lowest BCUT2D eigenvalue weighted by atomic mass is 10.0. The highest BCUT2D eigenvalue weighted by Gasteiger charge is 2.23. The molecule has 0 aromatic carbocycles. The van der Waals surface area contributed by atoms with Crippen molar-refractivity contribution in [2.24, 2.45) is 5.92 Å². The first-order valence-electron chi connectivity index (χ1n) is 5.61. The second kappa shape index (κ2) is 5.72. The molecule has 1 saturated heterocycles. The summed E-state index contributed by atoms with van der Waals surface area (Å²) in [5.41, 5.74) is 0. The lowest BCUT2D eigenvalue weighted by molar-refractivity contribution is -0.133. The van der Waals surface area contributed by atoms with Gasteiger partial charge in [0.2, 0.25) is 5.91 Å². The highest BCUT2D eigenvalue weighted by atomic mass is 16.5. The third-order valence-electron chi connectivity index (χ3n) is 2.87. The van der Waals surface area contributed by atoms with Crippen molar-refractivity contribution in [1.29, 1.82) is 0 Å². The number of likely N-dealkylation sites (N-methyl/N-ethyl adjacent to an activating group) is 1. The van der Waals surface area contributed by atoms with E-state index in [-0.39, 0.29) is 12.5 Å². The molecule has 5 heteroatoms. The molecule has 1 aliphatic heterocycles. The van der Waals surface area contributed by atoms with Crippen LogP contribution in [0, 0.1) is 5.92 Å². The summed E-state index contributed by atoms with van der Waals surface area (Å²) in [6.07, 6.45) is 1.75. The van der Waals surface area contributed by atoms with Crippen molar-refractivity contribution in [3.63, 3.8) is 0 Å². The van der Waals surface area contributed by atoms with E-state index in [1.54, 1.807) is 7.05 Å². The number of carbonyl (C=O) groups is 2. The minimum absolute atomic E-state index is 0.000509. The monoisotopic (exact) mass is 228 g/mol. The van der Waals surface area contributed by atoms with Gasteiger partial charge in [0.1, 0.15) is 6.54 Å². The molecule has 1 rings (SSSR count). The fraction of sp³-hybridized carbons (Fsp3) is 0.818. The second-order valence-electron chi connectivity index (χ2n) is 4.41. The Hall–Kier alpha value is -1.26. The molecule has 2 amide bonds. The fourth-order valence-electron chi connectivity index (χ4n) is 1.94. The third-order valence-corrected chi connectivity index (χ3v) is 2.87. The maximum absolute atomic E-state index is 11.9. The van der Waals surface area contributed by atoms with Gasteiger partial charge in [0.25, 0.3) is 0 Å². The van der Waals surface area contributed by atoms with Crippen LogP contribution in [0.25, 0.3) is 0 Å². The zero-order valence-corrected chi connectivity index (χ0v) is 10.2. The third kappa shape index (κ3) is 3.40. The summed E-state index contributed by atoms with van der Waals surface area (Å²) in [5.74, 6) is 0.556. The Bertz CT molecular complexity index is 268. The molecule has 0 spiro atoms. The Morgan fingerprint density at radius 2 is 2.19 bits per heavy atom. The van der Waals surface area contributed by atoms with Crippen LogP contribution in [0.4, 0.5) is 4.79 Å². The Balaban J connectivity index is 2.42. The van der Waals surface area contributed by atoms with E-state index >= 15 is 0 Å². The second-order valence-corrected chi connectivity index (χ2v) is 4.41. The summed E-state index contributed by atoms with van der Waals surface area (Å²) in [6, 6.07) is 0. The van der Waals surface area contributed by atoms with Gasteiger partial charge >= 0.3 is 6.09 Å². The smallest absolute Gasteiger partial charge is 0.409 e. The van der Waals surface area contributed by atoms with E-state index in [1.165, 1.54) is 18.4 Å². The fourth-order valence-corrected chi connectivity index (χ4v) is 1.94. The van der Waals surface area contributed by atoms with Gasteiger partial charge in [-0.1, -0.05) is 6.92 Å². The predicted molar refractivity (Wildman–Crippen MR) is 60.0 cm³/mol. The Morgan fingerprint density at radius 3 is 2.75 bits per heavy atom. The van der Waals surface area contributed by atoms with Crippen LogP contribution >= 0.6 is 0 Å². The average molecular weight is 228 g/mol. The highest BCUT2D eigenvalue weighted by Crippen LogP contribution is 2.15. The summed E-state index contributed by atoms with van der Waals surface area (Å²) in [5, 5.41) is 0. The number of amides is 2. The molecule has 0 aromatic rings. The van der Waals surface area contributed by atoms with Gasteiger partial charge in [0.15, 0.2) is 0 Å². The van der Waals surface area contributed by atoms with Gasteiger partial charge in [-0.2, -0.15) is 0 Å². The minimum Gasteiger partial charge on any atom is -0.453 e. The van der Waals surface area contributed by atoms with Crippen LogP contribution < -0.4 is 0 Å². The number of nitrogens with zero attached hydrogens (tertiary/aromatic N) is 2. The molecule has 0 aliphatic carbocycles. The van der Waals surface area contributed by atoms with Crippen molar-refractivity contribution in [2.75, 3.05) is 33.8 Å². The van der Waals surface area contributed by atoms with Crippen molar-refractivity contribution in [3.05, 3.63) is 0 Å². The minimum atomic E-state index is -0.474. The highest BCUT2D eigenvalue weighted by molar-refractivity contribution is 5.82. The van der Waals surface area contributed by atoms with Gasteiger partial charge in [-0.25, -0.2) is 4.79 Å². The molecule has 1 fully saturated rings. The first-order valence-corrected chi connectivity index (χ1v) is 5.61. The van der Waals surface area contributed by atoms with Crippen LogP contribution in [0.5, 0.6) is 0 Å². The van der Waals surface area contributed by atoms with E-state index in [1.807, 2.05) is 4.90 Å². The summed E-state index contributed by atoms with van der Waals surface area (Å²) < 4.78 is 4.54. The number of likely N-dealkylation sites (tertiary alicyclic amines) is 1. The Labute approximate surface area is 96.3 Å². The van der Waals surface area contributed by atoms with Crippen LogP contribution in [0.15, 0.2) is 0 Å². The number of carbonyl (C=O) groups excluding carboxylic acids is 2. The van der Waals surface area contributed by atoms with Gasteiger partial charge in [-0.3, -0.25) is 4.79 Å². The Kier molecular flexibility index (Phi) is 4.58. The zero-order valence-electron chi connectivity index (χ0n) is 10.2. The molecule has 16 heavy (non-hydrogen) atoms. The van der Waals surface area contributed by atoms with Crippen molar-refractivity contribution in [3.8, 4) is 0 Å². The number of ether oxygens (including phenoxy) is 1. The molecule has 1 aliphatic rings. The Morgan fingerprint density at radius 1 is 1.50 bits per heavy atom. The summed E-state index contributed by atoms with van der Waals surface area (Å²) in [7, 11) is 2.88. The first kappa shape index (κ1) is 12.8. The SMILES string of the molecule is COC(=O)N(C)CC(=O)N1CCC[C@H](C)C1. The molecule has 0 aromatic heterocycles. The standard InChI is InChI=1S/C11H20N2O3/c1-9-5-4-6-13(7-9)10(14)8-12(2)11(15)16-3/h9H,4-8H2,1-3H3/t9-/m0/s1. The first-order chi connectivity index (χ1) is 7.54. The summed E-state index contributed by atoms with van der Waals surface area (Å²) in [4.78, 5) is 26.1.